The highest BCUT2D eigenvalue weighted by atomic mass is 79.9. The van der Waals surface area contributed by atoms with E-state index in [9.17, 15) is 0 Å². The number of hydrogen-bond donors (Lipinski definition) is 1. The van der Waals surface area contributed by atoms with Crippen molar-refractivity contribution < 1.29 is 0 Å². The Morgan fingerprint density at radius 1 is 0.583 bits per heavy atom. The molecule has 0 saturated carbocycles. The van der Waals surface area contributed by atoms with Gasteiger partial charge in [-0.15, -0.1) is 0 Å². The zero-order chi connectivity index (χ0) is 16.1. The van der Waals surface area contributed by atoms with E-state index in [1.165, 1.54) is 38.0 Å². The van der Waals surface area contributed by atoms with Gasteiger partial charge in [0, 0.05) is 20.9 Å². The van der Waals surface area contributed by atoms with E-state index in [1.807, 2.05) is 0 Å². The van der Waals surface area contributed by atoms with Gasteiger partial charge in [-0.1, -0.05) is 76.6 Å². The fraction of sp³-hybridized carbons (Fsp3) is 0. The van der Waals surface area contributed by atoms with E-state index in [2.05, 4.69) is 99.8 Å². The van der Waals surface area contributed by atoms with Gasteiger partial charge in [0.05, 0.1) is 5.52 Å². The summed E-state index contributed by atoms with van der Waals surface area (Å²) in [5.74, 6) is 0. The van der Waals surface area contributed by atoms with Gasteiger partial charge in [0.1, 0.15) is 0 Å². The van der Waals surface area contributed by atoms with Gasteiger partial charge in [0.2, 0.25) is 0 Å². The highest BCUT2D eigenvalue weighted by Crippen LogP contribution is 2.38. The minimum absolute atomic E-state index is 1.11. The summed E-state index contributed by atoms with van der Waals surface area (Å²) in [5.41, 5.74) is 3.58. The van der Waals surface area contributed by atoms with Gasteiger partial charge in [-0.3, -0.25) is 0 Å². The number of rotatable bonds is 1. The second-order valence-electron chi connectivity index (χ2n) is 6.07. The first-order valence-corrected chi connectivity index (χ1v) is 8.79. The van der Waals surface area contributed by atoms with Crippen LogP contribution in [-0.2, 0) is 0 Å². The number of aromatic amines is 1. The Hall–Kier alpha value is -2.58. The molecule has 5 aromatic rings. The standard InChI is InChI=1S/C22H14BrN/c23-15-10-11-17-19(12-15)16-8-4-5-9-18(16)22-20(17)13-21(24-22)14-6-2-1-3-7-14/h1-13,24H. The Labute approximate surface area is 148 Å². The highest BCUT2D eigenvalue weighted by molar-refractivity contribution is 9.10. The first kappa shape index (κ1) is 13.8. The predicted octanol–water partition coefficient (Wildman–Crippen LogP) is 6.90. The van der Waals surface area contributed by atoms with Gasteiger partial charge in [0.15, 0.2) is 0 Å². The Kier molecular flexibility index (Phi) is 3.00. The number of aromatic nitrogens is 1. The number of benzene rings is 4. The van der Waals surface area contributed by atoms with Crippen LogP contribution in [0.2, 0.25) is 0 Å². The van der Waals surface area contributed by atoms with Crippen molar-refractivity contribution in [1.82, 2.24) is 4.98 Å². The molecule has 2 heteroatoms. The number of fused-ring (bicyclic) bond motifs is 6. The summed E-state index contributed by atoms with van der Waals surface area (Å²) in [6.07, 6.45) is 0. The van der Waals surface area contributed by atoms with Crippen molar-refractivity contribution in [3.63, 3.8) is 0 Å². The number of hydrogen-bond acceptors (Lipinski definition) is 0. The summed E-state index contributed by atoms with van der Waals surface area (Å²) in [4.78, 5) is 3.65. The predicted molar refractivity (Wildman–Crippen MR) is 106 cm³/mol. The molecule has 0 radical (unpaired) electrons. The van der Waals surface area contributed by atoms with E-state index in [0.29, 0.717) is 0 Å². The third-order valence-electron chi connectivity index (χ3n) is 4.66. The second-order valence-corrected chi connectivity index (χ2v) is 6.99. The molecule has 0 aliphatic heterocycles. The molecule has 0 unspecified atom stereocenters. The molecule has 0 aliphatic carbocycles. The third kappa shape index (κ3) is 2.00. The van der Waals surface area contributed by atoms with Crippen molar-refractivity contribution in [3.05, 3.63) is 83.3 Å². The lowest BCUT2D eigenvalue weighted by Crippen LogP contribution is -1.81. The third-order valence-corrected chi connectivity index (χ3v) is 5.15. The Morgan fingerprint density at radius 3 is 2.12 bits per heavy atom. The van der Waals surface area contributed by atoms with Crippen LogP contribution in [0.1, 0.15) is 0 Å². The van der Waals surface area contributed by atoms with Gasteiger partial charge >= 0.3 is 0 Å². The zero-order valence-corrected chi connectivity index (χ0v) is 14.5. The van der Waals surface area contributed by atoms with E-state index in [-0.39, 0.29) is 0 Å². The lowest BCUT2D eigenvalue weighted by atomic mass is 9.98. The van der Waals surface area contributed by atoms with Crippen molar-refractivity contribution in [3.8, 4) is 11.3 Å². The van der Waals surface area contributed by atoms with E-state index in [4.69, 9.17) is 0 Å². The molecule has 0 aliphatic rings. The average Bonchev–Trinajstić information content (AvgIpc) is 3.08. The largest absolute Gasteiger partial charge is 0.354 e. The Morgan fingerprint density at radius 2 is 1.29 bits per heavy atom. The molecule has 114 valence electrons. The monoisotopic (exact) mass is 371 g/mol. The quantitative estimate of drug-likeness (QED) is 0.308. The van der Waals surface area contributed by atoms with Crippen LogP contribution in [0.4, 0.5) is 0 Å². The molecule has 0 spiro atoms. The molecule has 1 nitrogen and oxygen atoms in total. The van der Waals surface area contributed by atoms with Gasteiger partial charge in [0.25, 0.3) is 0 Å². The molecule has 0 amide bonds. The van der Waals surface area contributed by atoms with Crippen molar-refractivity contribution in [2.45, 2.75) is 0 Å². The maximum atomic E-state index is 3.65. The minimum atomic E-state index is 1.11. The van der Waals surface area contributed by atoms with Crippen molar-refractivity contribution >= 4 is 48.4 Å². The molecule has 0 bridgehead atoms. The fourth-order valence-electron chi connectivity index (χ4n) is 3.56. The van der Waals surface area contributed by atoms with E-state index in [0.717, 1.165) is 10.2 Å². The number of nitrogens with one attached hydrogen (secondary N) is 1. The lowest BCUT2D eigenvalue weighted by molar-refractivity contribution is 1.46. The van der Waals surface area contributed by atoms with E-state index < -0.39 is 0 Å². The summed E-state index contributed by atoms with van der Waals surface area (Å²) in [6, 6.07) is 27.9. The summed E-state index contributed by atoms with van der Waals surface area (Å²) in [6.45, 7) is 0. The van der Waals surface area contributed by atoms with Crippen LogP contribution in [0.15, 0.2) is 83.3 Å². The number of halogens is 1. The summed E-state index contributed by atoms with van der Waals surface area (Å²) < 4.78 is 1.11. The van der Waals surface area contributed by atoms with Crippen LogP contribution in [0.3, 0.4) is 0 Å². The smallest absolute Gasteiger partial charge is 0.0544 e. The van der Waals surface area contributed by atoms with Crippen molar-refractivity contribution in [1.29, 1.82) is 0 Å². The zero-order valence-electron chi connectivity index (χ0n) is 12.9. The Bertz CT molecular complexity index is 1200. The first-order valence-electron chi connectivity index (χ1n) is 7.99. The maximum absolute atomic E-state index is 3.65. The van der Waals surface area contributed by atoms with E-state index >= 15 is 0 Å². The molecule has 0 saturated heterocycles. The average molecular weight is 372 g/mol. The molecule has 0 atom stereocenters. The van der Waals surface area contributed by atoms with Crippen molar-refractivity contribution in [2.75, 3.05) is 0 Å². The van der Waals surface area contributed by atoms with Crippen LogP contribution in [0, 0.1) is 0 Å². The molecule has 0 fully saturated rings. The molecular weight excluding hydrogens is 358 g/mol. The van der Waals surface area contributed by atoms with Crippen LogP contribution < -0.4 is 0 Å². The summed E-state index contributed by atoms with van der Waals surface area (Å²) >= 11 is 3.62. The van der Waals surface area contributed by atoms with Crippen LogP contribution in [-0.4, -0.2) is 4.98 Å². The van der Waals surface area contributed by atoms with E-state index in [1.54, 1.807) is 0 Å². The Balaban J connectivity index is 1.98. The molecule has 4 aromatic carbocycles. The van der Waals surface area contributed by atoms with Crippen LogP contribution >= 0.6 is 15.9 Å². The number of H-pyrrole nitrogens is 1. The molecule has 1 aromatic heterocycles. The SMILES string of the molecule is Brc1ccc2c(c1)c1ccccc1c1[nH]c(-c3ccccc3)cc21. The summed E-state index contributed by atoms with van der Waals surface area (Å²) in [5, 5.41) is 6.38. The van der Waals surface area contributed by atoms with Gasteiger partial charge in [-0.25, -0.2) is 0 Å². The van der Waals surface area contributed by atoms with Crippen LogP contribution in [0.5, 0.6) is 0 Å². The lowest BCUT2D eigenvalue weighted by Gasteiger charge is -2.07. The fourth-order valence-corrected chi connectivity index (χ4v) is 3.92. The molecule has 1 heterocycles. The molecular formula is C22H14BrN. The molecule has 1 N–H and O–H groups in total. The minimum Gasteiger partial charge on any atom is -0.354 e. The molecule has 5 rings (SSSR count). The van der Waals surface area contributed by atoms with Gasteiger partial charge in [-0.2, -0.15) is 0 Å². The first-order chi connectivity index (χ1) is 11.8. The highest BCUT2D eigenvalue weighted by Gasteiger charge is 2.12. The van der Waals surface area contributed by atoms with Gasteiger partial charge < -0.3 is 4.98 Å². The second kappa shape index (κ2) is 5.22. The van der Waals surface area contributed by atoms with Crippen molar-refractivity contribution in [2.24, 2.45) is 0 Å². The summed E-state index contributed by atoms with van der Waals surface area (Å²) in [7, 11) is 0. The normalized spacial score (nSPS) is 11.5. The maximum Gasteiger partial charge on any atom is 0.0544 e. The van der Waals surface area contributed by atoms with Crippen LogP contribution in [0.25, 0.3) is 43.7 Å². The molecule has 24 heavy (non-hydrogen) atoms. The topological polar surface area (TPSA) is 15.8 Å². The van der Waals surface area contributed by atoms with Gasteiger partial charge in [-0.05, 0) is 39.9 Å².